The summed E-state index contributed by atoms with van der Waals surface area (Å²) in [6.07, 6.45) is 1.49. The van der Waals surface area contributed by atoms with Crippen molar-refractivity contribution in [1.29, 1.82) is 0 Å². The number of hydrogen-bond donors (Lipinski definition) is 0. The standard InChI is InChI=1S/C7H3BrINO/c8-6-3-5(9)1-2-7(6)10-4-11/h1-3H. The molecule has 0 aliphatic carbocycles. The molecular formula is C7H3BrINO. The number of halogens is 2. The van der Waals surface area contributed by atoms with Gasteiger partial charge in [-0.15, -0.1) is 0 Å². The first-order valence-electron chi connectivity index (χ1n) is 2.77. The molecule has 1 aromatic rings. The lowest BCUT2D eigenvalue weighted by Gasteiger charge is -1.94. The Morgan fingerprint density at radius 1 is 1.55 bits per heavy atom. The molecule has 0 N–H and O–H groups in total. The minimum absolute atomic E-state index is 0.611. The van der Waals surface area contributed by atoms with E-state index in [4.69, 9.17) is 0 Å². The number of isocyanates is 1. The van der Waals surface area contributed by atoms with Crippen molar-refractivity contribution in [1.82, 2.24) is 0 Å². The molecule has 0 aromatic heterocycles. The van der Waals surface area contributed by atoms with Crippen LogP contribution in [-0.2, 0) is 4.79 Å². The van der Waals surface area contributed by atoms with Crippen LogP contribution < -0.4 is 0 Å². The predicted octanol–water partition coefficient (Wildman–Crippen LogP) is 3.02. The Bertz CT molecular complexity index is 320. The zero-order valence-electron chi connectivity index (χ0n) is 5.34. The van der Waals surface area contributed by atoms with Crippen molar-refractivity contribution in [2.75, 3.05) is 0 Å². The number of aliphatic imine (C=N–C) groups is 1. The van der Waals surface area contributed by atoms with Crippen molar-refractivity contribution in [2.24, 2.45) is 4.99 Å². The van der Waals surface area contributed by atoms with Crippen LogP contribution in [0.25, 0.3) is 0 Å². The van der Waals surface area contributed by atoms with Gasteiger partial charge in [-0.25, -0.2) is 4.79 Å². The molecule has 0 radical (unpaired) electrons. The lowest BCUT2D eigenvalue weighted by Crippen LogP contribution is -1.71. The van der Waals surface area contributed by atoms with Gasteiger partial charge < -0.3 is 0 Å². The Balaban J connectivity index is 3.19. The summed E-state index contributed by atoms with van der Waals surface area (Å²) in [6.45, 7) is 0. The van der Waals surface area contributed by atoms with E-state index in [1.807, 2.05) is 12.1 Å². The fourth-order valence-corrected chi connectivity index (χ4v) is 2.01. The third-order valence-electron chi connectivity index (χ3n) is 1.08. The molecule has 11 heavy (non-hydrogen) atoms. The maximum Gasteiger partial charge on any atom is 0.240 e. The lowest BCUT2D eigenvalue weighted by molar-refractivity contribution is 0.565. The van der Waals surface area contributed by atoms with Crippen LogP contribution in [0.2, 0.25) is 0 Å². The number of benzene rings is 1. The largest absolute Gasteiger partial charge is 0.240 e. The summed E-state index contributed by atoms with van der Waals surface area (Å²) in [4.78, 5) is 13.4. The Morgan fingerprint density at radius 3 is 2.82 bits per heavy atom. The van der Waals surface area contributed by atoms with Crippen molar-refractivity contribution in [3.05, 3.63) is 26.2 Å². The second-order valence-electron chi connectivity index (χ2n) is 1.80. The van der Waals surface area contributed by atoms with Gasteiger partial charge in [-0.1, -0.05) is 0 Å². The Hall–Kier alpha value is -0.190. The molecular weight excluding hydrogens is 321 g/mol. The van der Waals surface area contributed by atoms with Gasteiger partial charge in [-0.05, 0) is 56.7 Å². The van der Waals surface area contributed by atoms with Gasteiger partial charge >= 0.3 is 0 Å². The molecule has 0 saturated heterocycles. The Morgan fingerprint density at radius 2 is 2.27 bits per heavy atom. The van der Waals surface area contributed by atoms with E-state index in [1.165, 1.54) is 6.08 Å². The minimum Gasteiger partial charge on any atom is -0.211 e. The van der Waals surface area contributed by atoms with E-state index in [1.54, 1.807) is 6.07 Å². The highest BCUT2D eigenvalue weighted by Crippen LogP contribution is 2.26. The van der Waals surface area contributed by atoms with Gasteiger partial charge in [-0.3, -0.25) is 0 Å². The topological polar surface area (TPSA) is 29.4 Å². The fraction of sp³-hybridized carbons (Fsp3) is 0. The van der Waals surface area contributed by atoms with E-state index in [0.717, 1.165) is 8.04 Å². The average Bonchev–Trinajstić information content (AvgIpc) is 1.95. The van der Waals surface area contributed by atoms with Gasteiger partial charge in [0.25, 0.3) is 0 Å². The third kappa shape index (κ3) is 2.39. The number of carbonyl (C=O) groups excluding carboxylic acids is 1. The van der Waals surface area contributed by atoms with E-state index in [9.17, 15) is 4.79 Å². The zero-order chi connectivity index (χ0) is 8.27. The lowest BCUT2D eigenvalue weighted by atomic mass is 10.3. The highest BCUT2D eigenvalue weighted by atomic mass is 127. The van der Waals surface area contributed by atoms with Gasteiger partial charge in [0, 0.05) is 8.04 Å². The molecule has 0 aliphatic heterocycles. The van der Waals surface area contributed by atoms with E-state index in [0.29, 0.717) is 5.69 Å². The number of nitrogens with zero attached hydrogens (tertiary/aromatic N) is 1. The Kier molecular flexibility index (Phi) is 3.23. The highest BCUT2D eigenvalue weighted by molar-refractivity contribution is 14.1. The van der Waals surface area contributed by atoms with Crippen LogP contribution in [0.3, 0.4) is 0 Å². The molecule has 0 saturated carbocycles. The van der Waals surface area contributed by atoms with Crippen molar-refractivity contribution in [3.8, 4) is 0 Å². The summed E-state index contributed by atoms with van der Waals surface area (Å²) in [5.41, 5.74) is 0.611. The molecule has 56 valence electrons. The molecule has 1 rings (SSSR count). The summed E-state index contributed by atoms with van der Waals surface area (Å²) in [5.74, 6) is 0. The molecule has 0 spiro atoms. The molecule has 0 unspecified atom stereocenters. The first-order chi connectivity index (χ1) is 5.24. The zero-order valence-corrected chi connectivity index (χ0v) is 9.09. The van der Waals surface area contributed by atoms with Gasteiger partial charge in [0.15, 0.2) is 0 Å². The van der Waals surface area contributed by atoms with Crippen molar-refractivity contribution < 1.29 is 4.79 Å². The van der Waals surface area contributed by atoms with Crippen molar-refractivity contribution in [3.63, 3.8) is 0 Å². The molecule has 2 nitrogen and oxygen atoms in total. The van der Waals surface area contributed by atoms with Gasteiger partial charge in [0.05, 0.1) is 5.69 Å². The number of hydrogen-bond acceptors (Lipinski definition) is 2. The molecule has 0 fully saturated rings. The molecule has 0 aliphatic rings. The second-order valence-corrected chi connectivity index (χ2v) is 3.90. The molecule has 0 heterocycles. The van der Waals surface area contributed by atoms with Crippen LogP contribution in [0.5, 0.6) is 0 Å². The van der Waals surface area contributed by atoms with E-state index >= 15 is 0 Å². The molecule has 0 atom stereocenters. The van der Waals surface area contributed by atoms with Crippen LogP contribution in [0.1, 0.15) is 0 Å². The fourth-order valence-electron chi connectivity index (χ4n) is 0.621. The minimum atomic E-state index is 0.611. The van der Waals surface area contributed by atoms with Crippen LogP contribution >= 0.6 is 38.5 Å². The van der Waals surface area contributed by atoms with E-state index < -0.39 is 0 Å². The summed E-state index contributed by atoms with van der Waals surface area (Å²) in [7, 11) is 0. The van der Waals surface area contributed by atoms with Gasteiger partial charge in [0.1, 0.15) is 0 Å². The normalized spacial score (nSPS) is 8.91. The maximum atomic E-state index is 9.90. The summed E-state index contributed by atoms with van der Waals surface area (Å²) < 4.78 is 1.91. The highest BCUT2D eigenvalue weighted by Gasteiger charge is 1.96. The van der Waals surface area contributed by atoms with E-state index in [-0.39, 0.29) is 0 Å². The van der Waals surface area contributed by atoms with Crippen molar-refractivity contribution in [2.45, 2.75) is 0 Å². The smallest absolute Gasteiger partial charge is 0.211 e. The van der Waals surface area contributed by atoms with Crippen LogP contribution in [-0.4, -0.2) is 6.08 Å². The second kappa shape index (κ2) is 3.99. The Labute approximate surface area is 86.0 Å². The number of rotatable bonds is 1. The summed E-state index contributed by atoms with van der Waals surface area (Å²) in [5, 5.41) is 0. The van der Waals surface area contributed by atoms with Gasteiger partial charge in [0.2, 0.25) is 6.08 Å². The van der Waals surface area contributed by atoms with Crippen molar-refractivity contribution >= 4 is 50.3 Å². The molecule has 4 heteroatoms. The monoisotopic (exact) mass is 323 g/mol. The first kappa shape index (κ1) is 8.90. The van der Waals surface area contributed by atoms with E-state index in [2.05, 4.69) is 43.5 Å². The summed E-state index contributed by atoms with van der Waals surface area (Å²) in [6, 6.07) is 5.52. The summed E-state index contributed by atoms with van der Waals surface area (Å²) >= 11 is 5.45. The van der Waals surface area contributed by atoms with Gasteiger partial charge in [-0.2, -0.15) is 4.99 Å². The van der Waals surface area contributed by atoms with Crippen LogP contribution in [0.4, 0.5) is 5.69 Å². The predicted molar refractivity (Wildman–Crippen MR) is 54.6 cm³/mol. The SMILES string of the molecule is O=C=Nc1ccc(I)cc1Br. The third-order valence-corrected chi connectivity index (χ3v) is 2.38. The first-order valence-corrected chi connectivity index (χ1v) is 4.64. The quantitative estimate of drug-likeness (QED) is 0.444. The molecule has 1 aromatic carbocycles. The van der Waals surface area contributed by atoms with Crippen LogP contribution in [0.15, 0.2) is 27.7 Å². The molecule has 0 bridgehead atoms. The maximum absolute atomic E-state index is 9.90. The average molecular weight is 324 g/mol. The van der Waals surface area contributed by atoms with Crippen LogP contribution in [0, 0.1) is 3.57 Å². The molecule has 0 amide bonds.